The lowest BCUT2D eigenvalue weighted by molar-refractivity contribution is -0.148. The van der Waals surface area contributed by atoms with Crippen LogP contribution in [0.4, 0.5) is 0 Å². The van der Waals surface area contributed by atoms with Crippen LogP contribution in [0.3, 0.4) is 0 Å². The average Bonchev–Trinajstić information content (AvgIpc) is 2.70. The van der Waals surface area contributed by atoms with Crippen LogP contribution in [0.2, 0.25) is 0 Å². The summed E-state index contributed by atoms with van der Waals surface area (Å²) < 4.78 is 43.8. The minimum absolute atomic E-state index is 0.115. The van der Waals surface area contributed by atoms with Crippen LogP contribution in [0.1, 0.15) is 96.8 Å². The molecule has 0 aromatic carbocycles. The first-order valence-corrected chi connectivity index (χ1v) is 12.7. The first-order valence-electron chi connectivity index (χ1n) is 11.3. The number of rotatable bonds is 21. The van der Waals surface area contributed by atoms with E-state index in [1.165, 1.54) is 58.5 Å². The molecule has 0 aliphatic heterocycles. The Kier molecular flexibility index (Phi) is 19.3. The summed E-state index contributed by atoms with van der Waals surface area (Å²) in [6, 6.07) is 0. The van der Waals surface area contributed by atoms with E-state index < -0.39 is 23.1 Å². The van der Waals surface area contributed by atoms with Crippen LogP contribution in [-0.2, 0) is 28.9 Å². The van der Waals surface area contributed by atoms with Crippen molar-refractivity contribution in [2.24, 2.45) is 0 Å². The average molecular weight is 451 g/mol. The highest BCUT2D eigenvalue weighted by molar-refractivity contribution is 7.80. The number of allylic oxidation sites excluding steroid dienone is 2. The van der Waals surface area contributed by atoms with Gasteiger partial charge in [-0.05, 0) is 32.1 Å². The van der Waals surface area contributed by atoms with E-state index in [2.05, 4.69) is 23.3 Å². The van der Waals surface area contributed by atoms with Gasteiger partial charge >= 0.3 is 16.4 Å². The first-order chi connectivity index (χ1) is 14.4. The summed E-state index contributed by atoms with van der Waals surface area (Å²) in [6.45, 7) is 1.72. The molecule has 7 nitrogen and oxygen atoms in total. The van der Waals surface area contributed by atoms with Gasteiger partial charge in [0.25, 0.3) is 0 Å². The third-order valence-electron chi connectivity index (χ3n) is 4.81. The lowest BCUT2D eigenvalue weighted by Crippen LogP contribution is -2.27. The van der Waals surface area contributed by atoms with Crippen LogP contribution in [-0.4, -0.2) is 45.4 Å². The molecule has 1 unspecified atom stereocenters. The van der Waals surface area contributed by atoms with Gasteiger partial charge in [-0.1, -0.05) is 70.4 Å². The monoisotopic (exact) mass is 450 g/mol. The Balaban J connectivity index is 3.48. The molecule has 0 radical (unpaired) electrons. The van der Waals surface area contributed by atoms with E-state index in [4.69, 9.17) is 14.0 Å². The first kappa shape index (κ1) is 29.0. The maximum Gasteiger partial charge on any atom is 0.397 e. The Morgan fingerprint density at radius 2 is 1.40 bits per heavy atom. The smallest absolute Gasteiger partial charge is 0.397 e. The maximum atomic E-state index is 11.7. The van der Waals surface area contributed by atoms with E-state index >= 15 is 0 Å². The summed E-state index contributed by atoms with van der Waals surface area (Å²) >= 11 is 0. The quantitative estimate of drug-likeness (QED) is 0.108. The van der Waals surface area contributed by atoms with Crippen molar-refractivity contribution in [3.8, 4) is 0 Å². The normalized spacial score (nSPS) is 13.0. The highest BCUT2D eigenvalue weighted by Gasteiger charge is 2.15. The van der Waals surface area contributed by atoms with Crippen molar-refractivity contribution in [3.63, 3.8) is 0 Å². The van der Waals surface area contributed by atoms with Gasteiger partial charge in [0.1, 0.15) is 12.7 Å². The second-order valence-corrected chi connectivity index (χ2v) is 8.68. The van der Waals surface area contributed by atoms with Crippen molar-refractivity contribution in [3.05, 3.63) is 12.2 Å². The number of carbonyl (C=O) groups excluding carboxylic acids is 1. The van der Waals surface area contributed by atoms with Crippen molar-refractivity contribution in [1.82, 2.24) is 0 Å². The van der Waals surface area contributed by atoms with Crippen molar-refractivity contribution in [1.29, 1.82) is 0 Å². The van der Waals surface area contributed by atoms with Crippen molar-refractivity contribution in [2.45, 2.75) is 103 Å². The van der Waals surface area contributed by atoms with E-state index in [1.807, 2.05) is 0 Å². The Hall–Kier alpha value is -0.960. The number of esters is 1. The van der Waals surface area contributed by atoms with Gasteiger partial charge in [0.05, 0.1) is 6.61 Å². The van der Waals surface area contributed by atoms with Gasteiger partial charge in [-0.3, -0.25) is 9.35 Å². The Morgan fingerprint density at radius 1 is 0.867 bits per heavy atom. The van der Waals surface area contributed by atoms with Crippen molar-refractivity contribution >= 4 is 16.4 Å². The molecule has 0 rings (SSSR count). The molecular weight excluding hydrogens is 408 g/mol. The molecular formula is C22H42O7S. The lowest BCUT2D eigenvalue weighted by atomic mass is 10.1. The van der Waals surface area contributed by atoms with E-state index in [-0.39, 0.29) is 12.6 Å². The number of hydrogen-bond acceptors (Lipinski definition) is 6. The molecule has 0 aromatic heterocycles. The van der Waals surface area contributed by atoms with Gasteiger partial charge in [0.2, 0.25) is 0 Å². The molecule has 8 heteroatoms. The summed E-state index contributed by atoms with van der Waals surface area (Å²) in [7, 11) is -3.19. The van der Waals surface area contributed by atoms with Crippen LogP contribution in [0.5, 0.6) is 0 Å². The second kappa shape index (κ2) is 20.0. The molecule has 1 atom stereocenters. The molecule has 1 N–H and O–H groups in total. The maximum absolute atomic E-state index is 11.7. The van der Waals surface area contributed by atoms with Gasteiger partial charge < -0.3 is 9.47 Å². The predicted molar refractivity (Wildman–Crippen MR) is 119 cm³/mol. The summed E-state index contributed by atoms with van der Waals surface area (Å²) in [5, 5.41) is 0. The molecule has 30 heavy (non-hydrogen) atoms. The molecule has 0 fully saturated rings. The van der Waals surface area contributed by atoms with E-state index in [1.54, 1.807) is 0 Å². The van der Waals surface area contributed by atoms with Gasteiger partial charge in [-0.15, -0.1) is 0 Å². The van der Waals surface area contributed by atoms with E-state index in [9.17, 15) is 13.2 Å². The fraction of sp³-hybridized carbons (Fsp3) is 0.864. The standard InChI is InChI=1S/C22H42O7S/c1-3-4-5-6-7-8-9-10-11-12-13-14-15-16-17-18-22(23)28-19-21(27-2)20-29-30(24,25)26/h10-11,21H,3-9,12-20H2,1-2H3,(H,24,25,26). The molecule has 0 saturated carbocycles. The molecule has 0 amide bonds. The Labute approximate surface area is 183 Å². The Morgan fingerprint density at radius 3 is 1.93 bits per heavy atom. The predicted octanol–water partition coefficient (Wildman–Crippen LogP) is 5.40. The summed E-state index contributed by atoms with van der Waals surface area (Å²) in [4.78, 5) is 11.7. The minimum Gasteiger partial charge on any atom is -0.463 e. The number of hydrogen-bond donors (Lipinski definition) is 1. The molecule has 0 aliphatic rings. The number of unbranched alkanes of at least 4 members (excludes halogenated alkanes) is 11. The van der Waals surface area contributed by atoms with Gasteiger partial charge in [0.15, 0.2) is 0 Å². The van der Waals surface area contributed by atoms with Crippen LogP contribution in [0.25, 0.3) is 0 Å². The zero-order chi connectivity index (χ0) is 22.5. The largest absolute Gasteiger partial charge is 0.463 e. The van der Waals surface area contributed by atoms with Crippen molar-refractivity contribution < 1.29 is 31.4 Å². The molecule has 178 valence electrons. The van der Waals surface area contributed by atoms with Crippen LogP contribution < -0.4 is 0 Å². The lowest BCUT2D eigenvalue weighted by Gasteiger charge is -2.14. The molecule has 0 bridgehead atoms. The second-order valence-electron chi connectivity index (χ2n) is 7.59. The van der Waals surface area contributed by atoms with Crippen LogP contribution >= 0.6 is 0 Å². The van der Waals surface area contributed by atoms with Crippen molar-refractivity contribution in [2.75, 3.05) is 20.3 Å². The Bertz CT molecular complexity index is 532. The van der Waals surface area contributed by atoms with Gasteiger partial charge in [-0.2, -0.15) is 8.42 Å². The number of carbonyl (C=O) groups is 1. The molecule has 0 aromatic rings. The molecule has 0 aliphatic carbocycles. The van der Waals surface area contributed by atoms with Gasteiger partial charge in [-0.25, -0.2) is 4.18 Å². The molecule has 0 saturated heterocycles. The zero-order valence-electron chi connectivity index (χ0n) is 18.9. The van der Waals surface area contributed by atoms with Gasteiger partial charge in [0, 0.05) is 13.5 Å². The minimum atomic E-state index is -4.53. The summed E-state index contributed by atoms with van der Waals surface area (Å²) in [5.41, 5.74) is 0. The van der Waals surface area contributed by atoms with E-state index in [0.29, 0.717) is 6.42 Å². The fourth-order valence-electron chi connectivity index (χ4n) is 2.94. The SMILES string of the molecule is CCCCCCCCC=CCCCCCCCC(=O)OCC(COS(=O)(=O)O)OC. The number of ether oxygens (including phenoxy) is 2. The third-order valence-corrected chi connectivity index (χ3v) is 5.24. The van der Waals surface area contributed by atoms with Crippen LogP contribution in [0, 0.1) is 0 Å². The molecule has 0 heterocycles. The van der Waals surface area contributed by atoms with E-state index in [0.717, 1.165) is 32.1 Å². The number of methoxy groups -OCH3 is 1. The highest BCUT2D eigenvalue weighted by Crippen LogP contribution is 2.10. The molecule has 0 spiro atoms. The van der Waals surface area contributed by atoms with Crippen LogP contribution in [0.15, 0.2) is 12.2 Å². The fourth-order valence-corrected chi connectivity index (χ4v) is 3.27. The summed E-state index contributed by atoms with van der Waals surface area (Å²) in [6.07, 6.45) is 19.7. The topological polar surface area (TPSA) is 99.1 Å². The zero-order valence-corrected chi connectivity index (χ0v) is 19.7. The summed E-state index contributed by atoms with van der Waals surface area (Å²) in [5.74, 6) is -0.346. The third kappa shape index (κ3) is 21.7. The highest BCUT2D eigenvalue weighted by atomic mass is 32.3.